The average Bonchev–Trinajstić information content (AvgIpc) is 2.94. The van der Waals surface area contributed by atoms with Crippen LogP contribution >= 0.6 is 0 Å². The van der Waals surface area contributed by atoms with Crippen LogP contribution in [0.2, 0.25) is 0 Å². The van der Waals surface area contributed by atoms with E-state index in [4.69, 9.17) is 0 Å². The van der Waals surface area contributed by atoms with E-state index < -0.39 is 5.41 Å². The predicted octanol–water partition coefficient (Wildman–Crippen LogP) is 7.28. The number of allylic oxidation sites excluding steroid dienone is 13. The molecule has 0 aromatic heterocycles. The fourth-order valence-electron chi connectivity index (χ4n) is 4.89. The van der Waals surface area contributed by atoms with Gasteiger partial charge in [-0.25, -0.2) is 0 Å². The molecule has 0 fully saturated rings. The molecule has 0 atom stereocenters. The third kappa shape index (κ3) is 2.52. The highest BCUT2D eigenvalue weighted by molar-refractivity contribution is 5.78. The molecule has 0 aliphatic heterocycles. The highest BCUT2D eigenvalue weighted by atomic mass is 14.5. The van der Waals surface area contributed by atoms with Gasteiger partial charge in [0.2, 0.25) is 0 Å². The van der Waals surface area contributed by atoms with E-state index in [-0.39, 0.29) is 0 Å². The first kappa shape index (κ1) is 19.6. The van der Waals surface area contributed by atoms with Gasteiger partial charge in [0.05, 0.1) is 5.41 Å². The van der Waals surface area contributed by atoms with Gasteiger partial charge in [-0.15, -0.1) is 0 Å². The van der Waals surface area contributed by atoms with Gasteiger partial charge in [0.15, 0.2) is 0 Å². The minimum Gasteiger partial charge on any atom is -0.0988 e. The highest BCUT2D eigenvalue weighted by Crippen LogP contribution is 2.58. The minimum absolute atomic E-state index is 0.486. The van der Waals surface area contributed by atoms with Crippen LogP contribution in [0.25, 0.3) is 0 Å². The van der Waals surface area contributed by atoms with Gasteiger partial charge in [-0.3, -0.25) is 0 Å². The maximum absolute atomic E-state index is 4.20. The fourth-order valence-corrected chi connectivity index (χ4v) is 4.89. The molecule has 0 radical (unpaired) electrons. The molecule has 0 nitrogen and oxygen atoms in total. The van der Waals surface area contributed by atoms with Crippen molar-refractivity contribution in [3.63, 3.8) is 0 Å². The monoisotopic (exact) mass is 364 g/mol. The van der Waals surface area contributed by atoms with Gasteiger partial charge in [0.1, 0.15) is 0 Å². The highest BCUT2D eigenvalue weighted by Gasteiger charge is 2.49. The molecule has 0 amide bonds. The molecule has 0 saturated carbocycles. The molecular weight excluding hydrogens is 336 g/mol. The second-order valence-corrected chi connectivity index (χ2v) is 7.02. The Kier molecular flexibility index (Phi) is 5.51. The molecule has 0 heteroatoms. The summed E-state index contributed by atoms with van der Waals surface area (Å²) in [4.78, 5) is 0. The van der Waals surface area contributed by atoms with E-state index in [9.17, 15) is 0 Å². The number of rotatable bonds is 6. The first-order valence-electron chi connectivity index (χ1n) is 9.72. The van der Waals surface area contributed by atoms with Gasteiger partial charge < -0.3 is 0 Å². The van der Waals surface area contributed by atoms with Gasteiger partial charge in [-0.05, 0) is 64.3 Å². The smallest absolute Gasteiger partial charge is 0.0718 e. The van der Waals surface area contributed by atoms with Crippen molar-refractivity contribution in [2.75, 3.05) is 0 Å². The lowest BCUT2D eigenvalue weighted by Crippen LogP contribution is -2.31. The van der Waals surface area contributed by atoms with Gasteiger partial charge in [-0.2, -0.15) is 0 Å². The van der Waals surface area contributed by atoms with E-state index in [0.717, 1.165) is 35.1 Å². The largest absolute Gasteiger partial charge is 0.0988 e. The van der Waals surface area contributed by atoms with E-state index in [0.29, 0.717) is 0 Å². The molecule has 0 bridgehead atoms. The van der Waals surface area contributed by atoms with Gasteiger partial charge >= 0.3 is 0 Å². The zero-order valence-corrected chi connectivity index (χ0v) is 16.8. The second-order valence-electron chi connectivity index (χ2n) is 7.02. The molecule has 140 valence electrons. The molecule has 0 N–H and O–H groups in total. The fraction of sp³-hybridized carbons (Fsp3) is 0.143. The van der Waals surface area contributed by atoms with Crippen molar-refractivity contribution < 1.29 is 0 Å². The van der Waals surface area contributed by atoms with E-state index in [1.807, 2.05) is 30.4 Å². The average molecular weight is 365 g/mol. The van der Waals surface area contributed by atoms with Gasteiger partial charge in [-0.1, -0.05) is 99.7 Å². The molecule has 0 heterocycles. The summed E-state index contributed by atoms with van der Waals surface area (Å²) >= 11 is 0. The molecule has 28 heavy (non-hydrogen) atoms. The molecular formula is C28H28. The maximum atomic E-state index is 4.20. The van der Waals surface area contributed by atoms with E-state index in [2.05, 4.69) is 76.2 Å². The first-order valence-corrected chi connectivity index (χ1v) is 9.72. The Morgan fingerprint density at radius 2 is 1.36 bits per heavy atom. The molecule has 3 rings (SSSR count). The van der Waals surface area contributed by atoms with E-state index in [1.165, 1.54) is 22.3 Å². The first-order chi connectivity index (χ1) is 13.6. The summed E-state index contributed by atoms with van der Waals surface area (Å²) in [6, 6.07) is 8.71. The quantitative estimate of drug-likeness (QED) is 0.497. The number of benzene rings is 1. The maximum Gasteiger partial charge on any atom is 0.0718 e. The lowest BCUT2D eigenvalue weighted by Gasteiger charge is -2.37. The standard InChI is InChI=1S/C28H28/c1-7-15-26-20(8-2)18-19-21-16-13-14-17-27(21)28(26)24(11-5)22(9-3)23(10-4)25(28)12-6/h7-17H,2-6,18-19H2,1H3/b15-7-. The molecule has 0 unspecified atom stereocenters. The van der Waals surface area contributed by atoms with Crippen molar-refractivity contribution >= 4 is 0 Å². The third-order valence-electron chi connectivity index (χ3n) is 5.91. The summed E-state index contributed by atoms with van der Waals surface area (Å²) in [6.45, 7) is 22.8. The Balaban J connectivity index is 2.66. The van der Waals surface area contributed by atoms with Gasteiger partial charge in [0, 0.05) is 0 Å². The molecule has 1 spiro atoms. The van der Waals surface area contributed by atoms with Crippen LogP contribution in [0.15, 0.2) is 133 Å². The van der Waals surface area contributed by atoms with Crippen LogP contribution in [0.4, 0.5) is 0 Å². The lowest BCUT2D eigenvalue weighted by molar-refractivity contribution is 0.747. The van der Waals surface area contributed by atoms with Crippen LogP contribution in [0.3, 0.4) is 0 Å². The van der Waals surface area contributed by atoms with Crippen molar-refractivity contribution in [3.05, 3.63) is 144 Å². The zero-order chi connectivity index (χ0) is 20.3. The van der Waals surface area contributed by atoms with Crippen LogP contribution in [0.5, 0.6) is 0 Å². The van der Waals surface area contributed by atoms with Gasteiger partial charge in [0.25, 0.3) is 0 Å². The number of hydrogen-bond acceptors (Lipinski definition) is 0. The zero-order valence-electron chi connectivity index (χ0n) is 16.8. The summed E-state index contributed by atoms with van der Waals surface area (Å²) in [5, 5.41) is 0. The Morgan fingerprint density at radius 3 is 1.86 bits per heavy atom. The van der Waals surface area contributed by atoms with Crippen LogP contribution < -0.4 is 0 Å². The molecule has 0 saturated heterocycles. The molecule has 2 aliphatic rings. The third-order valence-corrected chi connectivity index (χ3v) is 5.91. The van der Waals surface area contributed by atoms with Crippen molar-refractivity contribution in [2.45, 2.75) is 25.2 Å². The number of hydrogen-bond donors (Lipinski definition) is 0. The molecule has 1 aromatic carbocycles. The predicted molar refractivity (Wildman–Crippen MR) is 123 cm³/mol. The van der Waals surface area contributed by atoms with E-state index >= 15 is 0 Å². The Labute approximate surface area is 169 Å². The summed E-state index contributed by atoms with van der Waals surface area (Å²) in [5.74, 6) is 0. The molecule has 1 aromatic rings. The molecule has 2 aliphatic carbocycles. The van der Waals surface area contributed by atoms with Crippen molar-refractivity contribution in [2.24, 2.45) is 0 Å². The van der Waals surface area contributed by atoms with Crippen molar-refractivity contribution in [3.8, 4) is 0 Å². The van der Waals surface area contributed by atoms with Crippen LogP contribution in [-0.2, 0) is 11.8 Å². The second kappa shape index (κ2) is 7.86. The SMILES string of the molecule is C=CC1=C(/C=C\C)C2(C(C=C)=C(C=C)C(C=C)=C2C=C)c2ccccc2CC1. The van der Waals surface area contributed by atoms with Crippen LogP contribution in [0, 0.1) is 0 Å². The minimum atomic E-state index is -0.486. The lowest BCUT2D eigenvalue weighted by atomic mass is 9.64. The number of aryl methyl sites for hydroxylation is 1. The van der Waals surface area contributed by atoms with Crippen LogP contribution in [0.1, 0.15) is 24.5 Å². The Morgan fingerprint density at radius 1 is 0.750 bits per heavy atom. The Bertz CT molecular complexity index is 962. The summed E-state index contributed by atoms with van der Waals surface area (Å²) in [6.07, 6.45) is 16.0. The summed E-state index contributed by atoms with van der Waals surface area (Å²) in [7, 11) is 0. The summed E-state index contributed by atoms with van der Waals surface area (Å²) < 4.78 is 0. The number of fused-ring (bicyclic) bond motifs is 2. The van der Waals surface area contributed by atoms with Crippen molar-refractivity contribution in [1.29, 1.82) is 0 Å². The Hall–Kier alpha value is -3.12. The summed E-state index contributed by atoms with van der Waals surface area (Å²) in [5.41, 5.74) is 9.03. The van der Waals surface area contributed by atoms with E-state index in [1.54, 1.807) is 0 Å². The topological polar surface area (TPSA) is 0 Å². The van der Waals surface area contributed by atoms with Crippen molar-refractivity contribution in [1.82, 2.24) is 0 Å². The van der Waals surface area contributed by atoms with Crippen LogP contribution in [-0.4, -0.2) is 0 Å². The normalized spacial score (nSPS) is 18.3.